The highest BCUT2D eigenvalue weighted by Gasteiger charge is 2.44. The topological polar surface area (TPSA) is 26.3 Å². The van der Waals surface area contributed by atoms with E-state index in [0.29, 0.717) is 6.61 Å². The maximum absolute atomic E-state index is 13.2. The van der Waals surface area contributed by atoms with Gasteiger partial charge in [0.15, 0.2) is 5.43 Å². The van der Waals surface area contributed by atoms with Crippen LogP contribution in [-0.2, 0) is 0 Å². The molecular formula is C41H40BrO2P. The molecule has 0 aliphatic carbocycles. The minimum atomic E-state index is -1.88. The van der Waals surface area contributed by atoms with Crippen molar-refractivity contribution in [1.82, 2.24) is 0 Å². The van der Waals surface area contributed by atoms with E-state index in [4.69, 9.17) is 4.74 Å². The first-order valence-electron chi connectivity index (χ1n) is 15.5. The summed E-state index contributed by atoms with van der Waals surface area (Å²) >= 11 is 0. The molecule has 2 nitrogen and oxygen atoms in total. The monoisotopic (exact) mass is 674 g/mol. The predicted molar refractivity (Wildman–Crippen MR) is 190 cm³/mol. The van der Waals surface area contributed by atoms with E-state index < -0.39 is 7.26 Å². The molecule has 228 valence electrons. The quantitative estimate of drug-likeness (QED) is 0.140. The van der Waals surface area contributed by atoms with Gasteiger partial charge in [-0.1, -0.05) is 72.3 Å². The Balaban J connectivity index is 0.00000400. The van der Waals surface area contributed by atoms with Gasteiger partial charge in [-0.15, -0.1) is 0 Å². The van der Waals surface area contributed by atoms with E-state index in [1.165, 1.54) is 21.5 Å². The van der Waals surface area contributed by atoms with Gasteiger partial charge in [0.2, 0.25) is 0 Å². The third-order valence-corrected chi connectivity index (χ3v) is 13.3. The SMILES string of the molecule is Cc1cc(C)c(-c2c(-c3c(C)cc(OCCC[P+](c4ccccc4)(c4ccccc4)c4ccccc4)cc3C)c2=O)c(C)c1.[Br-]. The van der Waals surface area contributed by atoms with Crippen LogP contribution in [0.1, 0.15) is 34.2 Å². The van der Waals surface area contributed by atoms with Crippen LogP contribution in [0.4, 0.5) is 0 Å². The molecule has 0 unspecified atom stereocenters. The molecule has 6 aromatic carbocycles. The van der Waals surface area contributed by atoms with Gasteiger partial charge in [0.25, 0.3) is 0 Å². The fraction of sp³-hybridized carbons (Fsp3) is 0.195. The van der Waals surface area contributed by atoms with Gasteiger partial charge in [-0.2, -0.15) is 0 Å². The van der Waals surface area contributed by atoms with Crippen molar-refractivity contribution in [3.63, 3.8) is 0 Å². The van der Waals surface area contributed by atoms with Crippen molar-refractivity contribution in [2.75, 3.05) is 12.8 Å². The molecule has 0 aromatic heterocycles. The molecule has 0 radical (unpaired) electrons. The molecule has 6 aromatic rings. The zero-order valence-corrected chi connectivity index (χ0v) is 29.2. The van der Waals surface area contributed by atoms with E-state index in [2.05, 4.69) is 150 Å². The number of ether oxygens (including phenoxy) is 1. The number of benzene rings is 5. The zero-order chi connectivity index (χ0) is 30.8. The molecule has 0 amide bonds. The molecule has 0 saturated heterocycles. The van der Waals surface area contributed by atoms with Crippen LogP contribution < -0.4 is 43.1 Å². The van der Waals surface area contributed by atoms with Crippen LogP contribution in [0.25, 0.3) is 22.3 Å². The summed E-state index contributed by atoms with van der Waals surface area (Å²) < 4.78 is 6.43. The standard InChI is InChI=1S/C41H40O2P.BrH/c1-28-24-29(2)37(30(3)25-28)39-40(41(39)42)38-31(4)26-33(27-32(38)5)43-22-15-23-44(34-16-9-6-10-17-34,35-18-11-7-12-19-35)36-20-13-8-14-21-36;/h6-14,16-21,24-27H,15,22-23H2,1-5H3;1H/q+1;/p-1. The average molecular weight is 676 g/mol. The second kappa shape index (κ2) is 13.7. The summed E-state index contributed by atoms with van der Waals surface area (Å²) in [4.78, 5) is 13.2. The van der Waals surface area contributed by atoms with Gasteiger partial charge in [-0.05, 0) is 117 Å². The Morgan fingerprint density at radius 3 is 1.31 bits per heavy atom. The van der Waals surface area contributed by atoms with Crippen molar-refractivity contribution in [2.45, 2.75) is 41.0 Å². The van der Waals surface area contributed by atoms with Gasteiger partial charge in [-0.3, -0.25) is 4.79 Å². The lowest BCUT2D eigenvalue weighted by molar-refractivity contribution is -0.00000941. The predicted octanol–water partition coefficient (Wildman–Crippen LogP) is 5.57. The van der Waals surface area contributed by atoms with E-state index in [1.54, 1.807) is 0 Å². The molecule has 0 atom stereocenters. The minimum Gasteiger partial charge on any atom is -1.00 e. The maximum atomic E-state index is 13.2. The molecule has 0 saturated carbocycles. The summed E-state index contributed by atoms with van der Waals surface area (Å²) in [7, 11) is -1.88. The highest BCUT2D eigenvalue weighted by atomic mass is 79.9. The Hall–Kier alpha value is -3.78. The number of hydrogen-bond acceptors (Lipinski definition) is 2. The Bertz CT molecular complexity index is 1780. The van der Waals surface area contributed by atoms with Crippen LogP contribution >= 0.6 is 7.26 Å². The number of halogens is 1. The lowest BCUT2D eigenvalue weighted by atomic mass is 9.95. The average Bonchev–Trinajstić information content (AvgIpc) is 3.66. The van der Waals surface area contributed by atoms with Crippen LogP contribution in [0.2, 0.25) is 0 Å². The first-order chi connectivity index (χ1) is 21.3. The molecule has 45 heavy (non-hydrogen) atoms. The Kier molecular flexibility index (Phi) is 9.92. The van der Waals surface area contributed by atoms with Gasteiger partial charge in [-0.25, -0.2) is 0 Å². The lowest BCUT2D eigenvalue weighted by Crippen LogP contribution is -3.00. The van der Waals surface area contributed by atoms with Crippen LogP contribution in [0.3, 0.4) is 0 Å². The van der Waals surface area contributed by atoms with Gasteiger partial charge >= 0.3 is 0 Å². The summed E-state index contributed by atoms with van der Waals surface area (Å²) in [6.07, 6.45) is 1.94. The molecule has 0 fully saturated rings. The summed E-state index contributed by atoms with van der Waals surface area (Å²) in [5.74, 6) is 0.866. The highest BCUT2D eigenvalue weighted by molar-refractivity contribution is 7.95. The van der Waals surface area contributed by atoms with Crippen LogP contribution in [-0.4, -0.2) is 12.8 Å². The Morgan fingerprint density at radius 2 is 0.911 bits per heavy atom. The molecular weight excluding hydrogens is 635 g/mol. The summed E-state index contributed by atoms with van der Waals surface area (Å²) in [5.41, 5.74) is 9.78. The first-order valence-corrected chi connectivity index (χ1v) is 17.4. The van der Waals surface area contributed by atoms with E-state index >= 15 is 0 Å². The van der Waals surface area contributed by atoms with Crippen molar-refractivity contribution in [3.8, 4) is 28.0 Å². The van der Waals surface area contributed by atoms with Crippen LogP contribution in [0.5, 0.6) is 5.75 Å². The fourth-order valence-corrected chi connectivity index (χ4v) is 11.3. The first kappa shape index (κ1) is 32.6. The maximum Gasteiger partial charge on any atom is 0.195 e. The number of aryl methyl sites for hydroxylation is 5. The largest absolute Gasteiger partial charge is 1.00 e. The van der Waals surface area contributed by atoms with E-state index in [0.717, 1.165) is 62.8 Å². The molecule has 0 spiro atoms. The second-order valence-electron chi connectivity index (χ2n) is 12.0. The van der Waals surface area contributed by atoms with Gasteiger partial charge in [0, 0.05) is 17.5 Å². The van der Waals surface area contributed by atoms with Gasteiger partial charge < -0.3 is 21.7 Å². The molecule has 4 heteroatoms. The molecule has 0 aliphatic rings. The Morgan fingerprint density at radius 1 is 0.533 bits per heavy atom. The van der Waals surface area contributed by atoms with Crippen LogP contribution in [0.15, 0.2) is 120 Å². The fourth-order valence-electron chi connectivity index (χ4n) is 7.00. The normalized spacial score (nSPS) is 11.4. The third kappa shape index (κ3) is 6.35. The zero-order valence-electron chi connectivity index (χ0n) is 26.7. The molecule has 0 bridgehead atoms. The lowest BCUT2D eigenvalue weighted by Gasteiger charge is -2.27. The van der Waals surface area contributed by atoms with Crippen molar-refractivity contribution < 1.29 is 21.7 Å². The van der Waals surface area contributed by atoms with Crippen molar-refractivity contribution in [1.29, 1.82) is 0 Å². The highest BCUT2D eigenvalue weighted by Crippen LogP contribution is 2.55. The van der Waals surface area contributed by atoms with Crippen LogP contribution in [0, 0.1) is 34.6 Å². The van der Waals surface area contributed by atoms with Gasteiger partial charge in [0.05, 0.1) is 12.8 Å². The van der Waals surface area contributed by atoms with Gasteiger partial charge in [0.1, 0.15) is 28.9 Å². The number of hydrogen-bond donors (Lipinski definition) is 0. The number of rotatable bonds is 10. The third-order valence-electron chi connectivity index (χ3n) is 8.82. The molecule has 0 N–H and O–H groups in total. The van der Waals surface area contributed by atoms with Crippen molar-refractivity contribution in [3.05, 3.63) is 153 Å². The molecule has 0 heterocycles. The minimum absolute atomic E-state index is 0. The smallest absolute Gasteiger partial charge is 0.195 e. The van der Waals surface area contributed by atoms with E-state index in [-0.39, 0.29) is 22.4 Å². The summed E-state index contributed by atoms with van der Waals surface area (Å²) in [6.45, 7) is 11.1. The summed E-state index contributed by atoms with van der Waals surface area (Å²) in [5, 5.41) is 4.18. The Labute approximate surface area is 278 Å². The second-order valence-corrected chi connectivity index (χ2v) is 15.6. The van der Waals surface area contributed by atoms with Crippen molar-refractivity contribution in [2.24, 2.45) is 0 Å². The van der Waals surface area contributed by atoms with Crippen molar-refractivity contribution >= 4 is 23.2 Å². The van der Waals surface area contributed by atoms with E-state index in [1.807, 2.05) is 0 Å². The summed E-state index contributed by atoms with van der Waals surface area (Å²) in [6, 6.07) is 41.5. The molecule has 0 aliphatic heterocycles. The molecule has 6 rings (SSSR count). The van der Waals surface area contributed by atoms with E-state index in [9.17, 15) is 4.79 Å².